The summed E-state index contributed by atoms with van der Waals surface area (Å²) in [6, 6.07) is 5.94. The molecule has 2 aromatic rings. The Labute approximate surface area is 104 Å². The fraction of sp³-hybridized carbons (Fsp3) is 0.231. The van der Waals surface area contributed by atoms with Crippen LogP contribution in [0.5, 0.6) is 5.75 Å². The van der Waals surface area contributed by atoms with Crippen LogP contribution in [-0.2, 0) is 6.54 Å². The van der Waals surface area contributed by atoms with Gasteiger partial charge in [-0.2, -0.15) is 11.3 Å². The van der Waals surface area contributed by atoms with Crippen molar-refractivity contribution in [3.05, 3.63) is 52.0 Å². The highest BCUT2D eigenvalue weighted by molar-refractivity contribution is 7.07. The Morgan fingerprint density at radius 2 is 2.24 bits per heavy atom. The van der Waals surface area contributed by atoms with E-state index in [1.165, 1.54) is 23.8 Å². The molecule has 0 radical (unpaired) electrons. The first-order chi connectivity index (χ1) is 8.16. The molecule has 0 spiro atoms. The number of nitrogens with one attached hydrogen (secondary N) is 1. The van der Waals surface area contributed by atoms with Crippen molar-refractivity contribution in [1.29, 1.82) is 0 Å². The predicted octanol–water partition coefficient (Wildman–Crippen LogP) is 3.44. The minimum Gasteiger partial charge on any atom is -0.508 e. The summed E-state index contributed by atoms with van der Waals surface area (Å²) in [6.07, 6.45) is 0. The van der Waals surface area contributed by atoms with Gasteiger partial charge in [0.1, 0.15) is 11.6 Å². The van der Waals surface area contributed by atoms with Crippen molar-refractivity contribution in [1.82, 2.24) is 5.32 Å². The van der Waals surface area contributed by atoms with E-state index < -0.39 is 0 Å². The Balaban J connectivity index is 2.04. The molecule has 1 atom stereocenters. The number of phenolic OH excluding ortho intramolecular Hbond substituents is 1. The van der Waals surface area contributed by atoms with E-state index in [9.17, 15) is 9.50 Å². The topological polar surface area (TPSA) is 32.3 Å². The summed E-state index contributed by atoms with van der Waals surface area (Å²) < 4.78 is 13.1. The highest BCUT2D eigenvalue weighted by Crippen LogP contribution is 2.24. The van der Waals surface area contributed by atoms with Crippen LogP contribution in [0.15, 0.2) is 35.0 Å². The monoisotopic (exact) mass is 251 g/mol. The van der Waals surface area contributed by atoms with Crippen LogP contribution < -0.4 is 5.32 Å². The van der Waals surface area contributed by atoms with E-state index in [4.69, 9.17) is 0 Å². The van der Waals surface area contributed by atoms with Crippen LogP contribution in [0.25, 0.3) is 0 Å². The van der Waals surface area contributed by atoms with Gasteiger partial charge in [0.15, 0.2) is 0 Å². The van der Waals surface area contributed by atoms with Gasteiger partial charge in [-0.1, -0.05) is 0 Å². The fourth-order valence-corrected chi connectivity index (χ4v) is 2.31. The number of phenols is 1. The zero-order valence-corrected chi connectivity index (χ0v) is 10.3. The maximum atomic E-state index is 13.1. The van der Waals surface area contributed by atoms with Crippen LogP contribution in [0, 0.1) is 5.82 Å². The summed E-state index contributed by atoms with van der Waals surface area (Å²) >= 11 is 1.64. The van der Waals surface area contributed by atoms with E-state index in [0.717, 1.165) is 0 Å². The molecule has 0 amide bonds. The standard InChI is InChI=1S/C13H14FNOS/c1-9(15-7-10-4-5-17-8-10)12-6-11(14)2-3-13(12)16/h2-6,8-9,15-16H,7H2,1H3. The van der Waals surface area contributed by atoms with E-state index in [1.54, 1.807) is 11.3 Å². The van der Waals surface area contributed by atoms with Crippen molar-refractivity contribution in [2.75, 3.05) is 0 Å². The Morgan fingerprint density at radius 3 is 2.94 bits per heavy atom. The number of benzene rings is 1. The average molecular weight is 251 g/mol. The number of hydrogen-bond donors (Lipinski definition) is 2. The number of thiophene rings is 1. The first-order valence-electron chi connectivity index (χ1n) is 5.39. The molecule has 0 bridgehead atoms. The molecule has 17 heavy (non-hydrogen) atoms. The van der Waals surface area contributed by atoms with Gasteiger partial charge in [0.2, 0.25) is 0 Å². The lowest BCUT2D eigenvalue weighted by atomic mass is 10.1. The van der Waals surface area contributed by atoms with Crippen LogP contribution in [0.4, 0.5) is 4.39 Å². The third kappa shape index (κ3) is 3.05. The molecule has 2 N–H and O–H groups in total. The van der Waals surface area contributed by atoms with Gasteiger partial charge in [-0.3, -0.25) is 0 Å². The Bertz CT molecular complexity index is 484. The van der Waals surface area contributed by atoms with Crippen molar-refractivity contribution < 1.29 is 9.50 Å². The minimum atomic E-state index is -0.331. The largest absolute Gasteiger partial charge is 0.508 e. The third-order valence-corrected chi connectivity index (χ3v) is 3.38. The molecule has 90 valence electrons. The van der Waals surface area contributed by atoms with Crippen LogP contribution in [-0.4, -0.2) is 5.11 Å². The lowest BCUT2D eigenvalue weighted by Gasteiger charge is -2.15. The molecule has 1 unspecified atom stereocenters. The van der Waals surface area contributed by atoms with E-state index in [-0.39, 0.29) is 17.6 Å². The van der Waals surface area contributed by atoms with E-state index in [2.05, 4.69) is 10.7 Å². The van der Waals surface area contributed by atoms with E-state index in [0.29, 0.717) is 12.1 Å². The summed E-state index contributed by atoms with van der Waals surface area (Å²) in [6.45, 7) is 2.61. The van der Waals surface area contributed by atoms with Crippen molar-refractivity contribution >= 4 is 11.3 Å². The number of halogens is 1. The summed E-state index contributed by atoms with van der Waals surface area (Å²) in [5.41, 5.74) is 1.78. The first-order valence-corrected chi connectivity index (χ1v) is 6.34. The second kappa shape index (κ2) is 5.29. The summed E-state index contributed by atoms with van der Waals surface area (Å²) in [5.74, 6) is -0.210. The van der Waals surface area contributed by atoms with Crippen LogP contribution in [0.1, 0.15) is 24.1 Å². The number of rotatable bonds is 4. The highest BCUT2D eigenvalue weighted by atomic mass is 32.1. The van der Waals surface area contributed by atoms with Gasteiger partial charge in [0.25, 0.3) is 0 Å². The molecule has 1 heterocycles. The second-order valence-electron chi connectivity index (χ2n) is 3.94. The Hall–Kier alpha value is -1.39. The van der Waals surface area contributed by atoms with Crippen molar-refractivity contribution in [2.45, 2.75) is 19.5 Å². The molecule has 2 rings (SSSR count). The number of hydrogen-bond acceptors (Lipinski definition) is 3. The van der Waals surface area contributed by atoms with Gasteiger partial charge in [0.05, 0.1) is 0 Å². The summed E-state index contributed by atoms with van der Waals surface area (Å²) in [4.78, 5) is 0. The molecule has 0 aliphatic carbocycles. The van der Waals surface area contributed by atoms with Gasteiger partial charge >= 0.3 is 0 Å². The molecule has 2 nitrogen and oxygen atoms in total. The maximum Gasteiger partial charge on any atom is 0.123 e. The van der Waals surface area contributed by atoms with Gasteiger partial charge in [0, 0.05) is 18.2 Å². The lowest BCUT2D eigenvalue weighted by Crippen LogP contribution is -2.18. The highest BCUT2D eigenvalue weighted by Gasteiger charge is 2.10. The predicted molar refractivity (Wildman–Crippen MR) is 67.6 cm³/mol. The Morgan fingerprint density at radius 1 is 1.41 bits per heavy atom. The molecule has 1 aromatic carbocycles. The van der Waals surface area contributed by atoms with Crippen LogP contribution in [0.3, 0.4) is 0 Å². The van der Waals surface area contributed by atoms with E-state index >= 15 is 0 Å². The molecule has 0 saturated carbocycles. The molecule has 1 aromatic heterocycles. The number of aromatic hydroxyl groups is 1. The zero-order chi connectivity index (χ0) is 12.3. The van der Waals surface area contributed by atoms with Gasteiger partial charge < -0.3 is 10.4 Å². The minimum absolute atomic E-state index is 0.0920. The molecule has 4 heteroatoms. The molecule has 0 saturated heterocycles. The van der Waals surface area contributed by atoms with Gasteiger partial charge in [-0.05, 0) is 47.5 Å². The smallest absolute Gasteiger partial charge is 0.123 e. The molecular weight excluding hydrogens is 237 g/mol. The third-order valence-electron chi connectivity index (χ3n) is 2.65. The molecular formula is C13H14FNOS. The SMILES string of the molecule is CC(NCc1ccsc1)c1cc(F)ccc1O. The first kappa shape index (κ1) is 12.1. The molecule has 0 aliphatic heterocycles. The van der Waals surface area contributed by atoms with Crippen molar-refractivity contribution in [3.63, 3.8) is 0 Å². The fourth-order valence-electron chi connectivity index (χ4n) is 1.65. The van der Waals surface area contributed by atoms with Crippen LogP contribution >= 0.6 is 11.3 Å². The normalized spacial score (nSPS) is 12.6. The van der Waals surface area contributed by atoms with Crippen molar-refractivity contribution in [3.8, 4) is 5.75 Å². The zero-order valence-electron chi connectivity index (χ0n) is 9.48. The van der Waals surface area contributed by atoms with Gasteiger partial charge in [-0.25, -0.2) is 4.39 Å². The molecule has 0 fully saturated rings. The lowest BCUT2D eigenvalue weighted by molar-refractivity contribution is 0.449. The molecule has 0 aliphatic rings. The maximum absolute atomic E-state index is 13.1. The van der Waals surface area contributed by atoms with Crippen molar-refractivity contribution in [2.24, 2.45) is 0 Å². The van der Waals surface area contributed by atoms with E-state index in [1.807, 2.05) is 18.4 Å². The summed E-state index contributed by atoms with van der Waals surface area (Å²) in [5, 5.41) is 17.0. The average Bonchev–Trinajstić information content (AvgIpc) is 2.82. The Kier molecular flexibility index (Phi) is 3.76. The second-order valence-corrected chi connectivity index (χ2v) is 4.72. The van der Waals surface area contributed by atoms with Gasteiger partial charge in [-0.15, -0.1) is 0 Å². The van der Waals surface area contributed by atoms with Crippen LogP contribution in [0.2, 0.25) is 0 Å². The summed E-state index contributed by atoms with van der Waals surface area (Å²) in [7, 11) is 0. The quantitative estimate of drug-likeness (QED) is 0.872.